The molecule has 0 bridgehead atoms. The highest BCUT2D eigenvalue weighted by Gasteiger charge is 2.30. The summed E-state index contributed by atoms with van der Waals surface area (Å²) in [5.74, 6) is 1.67. The Hall–Kier alpha value is -2.83. The average molecular weight is 385 g/mol. The summed E-state index contributed by atoms with van der Waals surface area (Å²) in [6.45, 7) is 5.41. The maximum absolute atomic E-state index is 12.9. The van der Waals surface area contributed by atoms with Gasteiger partial charge in [0.1, 0.15) is 11.5 Å². The Balaban J connectivity index is 1.67. The Labute approximate surface area is 165 Å². The van der Waals surface area contributed by atoms with Crippen LogP contribution in [0.15, 0.2) is 28.7 Å². The minimum atomic E-state index is -0.160. The van der Waals surface area contributed by atoms with E-state index in [0.29, 0.717) is 48.4 Å². The zero-order valence-electron chi connectivity index (χ0n) is 16.9. The molecule has 0 saturated carbocycles. The van der Waals surface area contributed by atoms with Gasteiger partial charge in [0, 0.05) is 33.1 Å². The number of carbonyl (C=O) groups excluding carboxylic acids is 2. The van der Waals surface area contributed by atoms with Gasteiger partial charge in [-0.15, -0.1) is 0 Å². The van der Waals surface area contributed by atoms with E-state index in [2.05, 4.69) is 4.98 Å². The summed E-state index contributed by atoms with van der Waals surface area (Å²) in [5.41, 5.74) is 0.956. The van der Waals surface area contributed by atoms with E-state index in [9.17, 15) is 9.59 Å². The van der Waals surface area contributed by atoms with Crippen molar-refractivity contribution in [2.75, 3.05) is 33.8 Å². The van der Waals surface area contributed by atoms with Crippen LogP contribution in [0, 0.1) is 6.92 Å². The first-order valence-electron chi connectivity index (χ1n) is 9.62. The van der Waals surface area contributed by atoms with Crippen LogP contribution in [0.3, 0.4) is 0 Å². The molecule has 1 saturated heterocycles. The maximum atomic E-state index is 12.9. The Morgan fingerprint density at radius 1 is 1.25 bits per heavy atom. The van der Waals surface area contributed by atoms with Crippen LogP contribution in [0.25, 0.3) is 0 Å². The lowest BCUT2D eigenvalue weighted by atomic mass is 9.96. The number of carbonyl (C=O) groups is 2. The number of aryl methyl sites for hydroxylation is 1. The molecule has 1 aliphatic heterocycles. The van der Waals surface area contributed by atoms with Crippen molar-refractivity contribution in [2.45, 2.75) is 32.6 Å². The predicted octanol–water partition coefficient (Wildman–Crippen LogP) is 3.10. The van der Waals surface area contributed by atoms with Crippen molar-refractivity contribution in [1.82, 2.24) is 14.8 Å². The van der Waals surface area contributed by atoms with E-state index in [4.69, 9.17) is 9.15 Å². The molecule has 1 aliphatic rings. The molecule has 7 heteroatoms. The van der Waals surface area contributed by atoms with E-state index in [1.54, 1.807) is 27.1 Å². The number of oxazole rings is 1. The lowest BCUT2D eigenvalue weighted by Crippen LogP contribution is -2.38. The Morgan fingerprint density at radius 3 is 2.57 bits per heavy atom. The molecular weight excluding hydrogens is 358 g/mol. The molecule has 2 aromatic rings. The molecule has 0 unspecified atom stereocenters. The number of amides is 2. The summed E-state index contributed by atoms with van der Waals surface area (Å²) in [6, 6.07) is 7.34. The molecule has 0 N–H and O–H groups in total. The topological polar surface area (TPSA) is 75.9 Å². The van der Waals surface area contributed by atoms with Gasteiger partial charge < -0.3 is 19.0 Å². The summed E-state index contributed by atoms with van der Waals surface area (Å²) < 4.78 is 11.4. The number of hydrogen-bond acceptors (Lipinski definition) is 5. The van der Waals surface area contributed by atoms with Gasteiger partial charge in [-0.25, -0.2) is 4.98 Å². The largest absolute Gasteiger partial charge is 0.493 e. The average Bonchev–Trinajstić information content (AvgIpc) is 3.09. The molecule has 1 aromatic heterocycles. The molecule has 3 rings (SSSR count). The zero-order valence-corrected chi connectivity index (χ0v) is 16.9. The number of hydrogen-bond donors (Lipinski definition) is 0. The van der Waals surface area contributed by atoms with Gasteiger partial charge in [0.05, 0.1) is 12.2 Å². The van der Waals surface area contributed by atoms with Crippen LogP contribution in [0.2, 0.25) is 0 Å². The SMILES string of the molecule is CCOc1ccccc1C(=O)N1CCC(c2nc(C(=O)N(C)C)c(C)o2)CC1. The van der Waals surface area contributed by atoms with Crippen molar-refractivity contribution >= 4 is 11.8 Å². The van der Waals surface area contributed by atoms with Crippen LogP contribution in [0.4, 0.5) is 0 Å². The quantitative estimate of drug-likeness (QED) is 0.790. The third-order valence-electron chi connectivity index (χ3n) is 4.97. The van der Waals surface area contributed by atoms with Crippen LogP contribution in [-0.2, 0) is 0 Å². The zero-order chi connectivity index (χ0) is 20.3. The number of nitrogens with zero attached hydrogens (tertiary/aromatic N) is 3. The highest BCUT2D eigenvalue weighted by Crippen LogP contribution is 2.30. The van der Waals surface area contributed by atoms with Gasteiger partial charge in [-0.2, -0.15) is 0 Å². The third kappa shape index (κ3) is 4.03. The predicted molar refractivity (Wildman–Crippen MR) is 105 cm³/mol. The van der Waals surface area contributed by atoms with Crippen molar-refractivity contribution in [3.05, 3.63) is 47.2 Å². The molecule has 150 valence electrons. The summed E-state index contributed by atoms with van der Waals surface area (Å²) in [5, 5.41) is 0. The molecule has 0 spiro atoms. The third-order valence-corrected chi connectivity index (χ3v) is 4.97. The summed E-state index contributed by atoms with van der Waals surface area (Å²) in [6.07, 6.45) is 1.50. The van der Waals surface area contributed by atoms with Crippen molar-refractivity contribution in [2.24, 2.45) is 0 Å². The fourth-order valence-corrected chi connectivity index (χ4v) is 3.43. The van der Waals surface area contributed by atoms with Gasteiger partial charge in [0.25, 0.3) is 11.8 Å². The first kappa shape index (κ1) is 19.9. The van der Waals surface area contributed by atoms with Gasteiger partial charge in [-0.1, -0.05) is 12.1 Å². The number of ether oxygens (including phenoxy) is 1. The minimum Gasteiger partial charge on any atom is -0.493 e. The molecule has 0 aliphatic carbocycles. The van der Waals surface area contributed by atoms with E-state index in [1.807, 2.05) is 30.0 Å². The van der Waals surface area contributed by atoms with Crippen molar-refractivity contribution in [1.29, 1.82) is 0 Å². The van der Waals surface area contributed by atoms with Crippen LogP contribution in [0.1, 0.15) is 58.2 Å². The first-order chi connectivity index (χ1) is 13.4. The number of piperidine rings is 1. The summed E-state index contributed by atoms with van der Waals surface area (Å²) in [4.78, 5) is 32.9. The number of aromatic nitrogens is 1. The fraction of sp³-hybridized carbons (Fsp3) is 0.476. The molecule has 28 heavy (non-hydrogen) atoms. The highest BCUT2D eigenvalue weighted by molar-refractivity contribution is 5.97. The van der Waals surface area contributed by atoms with Crippen molar-refractivity contribution in [3.8, 4) is 5.75 Å². The van der Waals surface area contributed by atoms with E-state index >= 15 is 0 Å². The van der Waals surface area contributed by atoms with E-state index in [0.717, 1.165) is 12.8 Å². The molecule has 0 atom stereocenters. The standard InChI is InChI=1S/C21H27N3O4/c1-5-27-17-9-7-6-8-16(17)20(25)24-12-10-15(11-13-24)19-22-18(14(2)28-19)21(26)23(3)4/h6-9,15H,5,10-13H2,1-4H3. The molecule has 1 fully saturated rings. The monoisotopic (exact) mass is 385 g/mol. The Kier molecular flexibility index (Phi) is 6.02. The van der Waals surface area contributed by atoms with Gasteiger partial charge >= 0.3 is 0 Å². The molecular formula is C21H27N3O4. The second-order valence-corrected chi connectivity index (χ2v) is 7.15. The maximum Gasteiger partial charge on any atom is 0.275 e. The normalized spacial score (nSPS) is 14.8. The molecule has 0 radical (unpaired) electrons. The van der Waals surface area contributed by atoms with E-state index in [-0.39, 0.29) is 17.7 Å². The second-order valence-electron chi connectivity index (χ2n) is 7.15. The van der Waals surface area contributed by atoms with Gasteiger partial charge in [-0.05, 0) is 38.8 Å². The summed E-state index contributed by atoms with van der Waals surface area (Å²) in [7, 11) is 3.39. The molecule has 7 nitrogen and oxygen atoms in total. The van der Waals surface area contributed by atoms with Gasteiger partial charge in [0.15, 0.2) is 11.6 Å². The smallest absolute Gasteiger partial charge is 0.275 e. The van der Waals surface area contributed by atoms with Crippen LogP contribution >= 0.6 is 0 Å². The molecule has 2 heterocycles. The van der Waals surface area contributed by atoms with Crippen LogP contribution in [-0.4, -0.2) is 60.4 Å². The lowest BCUT2D eigenvalue weighted by molar-refractivity contribution is 0.0701. The molecule has 1 aromatic carbocycles. The highest BCUT2D eigenvalue weighted by atomic mass is 16.5. The first-order valence-corrected chi connectivity index (χ1v) is 9.62. The Bertz CT molecular complexity index is 851. The number of benzene rings is 1. The fourth-order valence-electron chi connectivity index (χ4n) is 3.43. The van der Waals surface area contributed by atoms with Crippen LogP contribution in [0.5, 0.6) is 5.75 Å². The van der Waals surface area contributed by atoms with Crippen molar-refractivity contribution < 1.29 is 18.7 Å². The Morgan fingerprint density at radius 2 is 1.93 bits per heavy atom. The second kappa shape index (κ2) is 8.46. The van der Waals surface area contributed by atoms with Gasteiger partial charge in [-0.3, -0.25) is 9.59 Å². The van der Waals surface area contributed by atoms with Crippen LogP contribution < -0.4 is 4.74 Å². The number of likely N-dealkylation sites (tertiary alicyclic amines) is 1. The van der Waals surface area contributed by atoms with E-state index in [1.165, 1.54) is 4.90 Å². The van der Waals surface area contributed by atoms with Gasteiger partial charge in [0.2, 0.25) is 0 Å². The van der Waals surface area contributed by atoms with Crippen molar-refractivity contribution in [3.63, 3.8) is 0 Å². The lowest BCUT2D eigenvalue weighted by Gasteiger charge is -2.31. The number of rotatable bonds is 5. The minimum absolute atomic E-state index is 0.0189. The van der Waals surface area contributed by atoms with E-state index < -0.39 is 0 Å². The number of para-hydroxylation sites is 1. The summed E-state index contributed by atoms with van der Waals surface area (Å²) >= 11 is 0. The molecule has 2 amide bonds.